The van der Waals surface area contributed by atoms with Crippen LogP contribution in [0, 0.1) is 0 Å². The van der Waals surface area contributed by atoms with E-state index in [2.05, 4.69) is 41.3 Å². The fraction of sp³-hybridized carbons (Fsp3) is 0.286. The minimum absolute atomic E-state index is 0.133. The largest absolute Gasteiger partial charge is 0.493 e. The zero-order valence-corrected chi connectivity index (χ0v) is 22.9. The Labute approximate surface area is 227 Å². The number of nitrogens with zero attached hydrogens (tertiary/aromatic N) is 3. The number of allylic oxidation sites excluding steroid dienone is 1. The highest BCUT2D eigenvalue weighted by Gasteiger charge is 2.15. The third-order valence-electron chi connectivity index (χ3n) is 5.55. The van der Waals surface area contributed by atoms with Crippen LogP contribution in [0.15, 0.2) is 66.4 Å². The van der Waals surface area contributed by atoms with Gasteiger partial charge in [-0.05, 0) is 41.3 Å². The third-order valence-corrected chi connectivity index (χ3v) is 6.52. The van der Waals surface area contributed by atoms with E-state index < -0.39 is 0 Å². The van der Waals surface area contributed by atoms with Gasteiger partial charge in [-0.15, -0.1) is 16.8 Å². The minimum Gasteiger partial charge on any atom is -0.493 e. The molecule has 9 nitrogen and oxygen atoms in total. The quantitative estimate of drug-likeness (QED) is 0.186. The van der Waals surface area contributed by atoms with Crippen LogP contribution in [0.25, 0.3) is 6.08 Å². The van der Waals surface area contributed by atoms with E-state index in [0.717, 1.165) is 16.8 Å². The highest BCUT2D eigenvalue weighted by atomic mass is 32.2. The molecule has 2 amide bonds. The highest BCUT2D eigenvalue weighted by molar-refractivity contribution is 7.99. The maximum Gasteiger partial charge on any atom is 0.244 e. The first-order valence-electron chi connectivity index (χ1n) is 12.1. The van der Waals surface area contributed by atoms with Crippen molar-refractivity contribution in [1.29, 1.82) is 0 Å². The van der Waals surface area contributed by atoms with Gasteiger partial charge in [0.15, 0.2) is 22.5 Å². The van der Waals surface area contributed by atoms with Crippen molar-refractivity contribution in [2.75, 3.05) is 25.3 Å². The van der Waals surface area contributed by atoms with Crippen LogP contribution in [0.3, 0.4) is 0 Å². The molecule has 0 saturated carbocycles. The van der Waals surface area contributed by atoms with E-state index in [9.17, 15) is 9.59 Å². The van der Waals surface area contributed by atoms with Crippen molar-refractivity contribution in [3.63, 3.8) is 0 Å². The van der Waals surface area contributed by atoms with Crippen molar-refractivity contribution in [1.82, 2.24) is 20.1 Å². The highest BCUT2D eigenvalue weighted by Crippen LogP contribution is 2.28. The second kappa shape index (κ2) is 14.0. The van der Waals surface area contributed by atoms with Crippen molar-refractivity contribution in [2.45, 2.75) is 38.0 Å². The standard InChI is InChI=1S/C28H33N5O4S/c1-6-15-33-25(17-29-26(34)14-12-20-11-13-23(36-4)24(16-20)37-5)31-32-28(33)38-18-27(35)30-22-10-8-7-9-21(22)19(2)3/h6-14,16,19H,1,15,17-18H2,2-5H3,(H,29,34)(H,30,35). The lowest BCUT2D eigenvalue weighted by Gasteiger charge is -2.13. The molecular formula is C28H33N5O4S. The Morgan fingerprint density at radius 1 is 1.11 bits per heavy atom. The van der Waals surface area contributed by atoms with Crippen LogP contribution in [0.4, 0.5) is 5.69 Å². The van der Waals surface area contributed by atoms with E-state index in [1.54, 1.807) is 38.5 Å². The Balaban J connectivity index is 1.59. The summed E-state index contributed by atoms with van der Waals surface area (Å²) in [5, 5.41) is 14.8. The fourth-order valence-electron chi connectivity index (χ4n) is 3.65. The van der Waals surface area contributed by atoms with Crippen LogP contribution in [0.2, 0.25) is 0 Å². The summed E-state index contributed by atoms with van der Waals surface area (Å²) >= 11 is 1.28. The lowest BCUT2D eigenvalue weighted by molar-refractivity contribution is -0.116. The molecule has 3 rings (SSSR count). The van der Waals surface area contributed by atoms with Crippen LogP contribution in [-0.2, 0) is 22.7 Å². The number of benzene rings is 2. The molecule has 200 valence electrons. The number of hydrogen-bond donors (Lipinski definition) is 2. The average Bonchev–Trinajstić information content (AvgIpc) is 3.30. The topological polar surface area (TPSA) is 107 Å². The summed E-state index contributed by atoms with van der Waals surface area (Å²) < 4.78 is 12.4. The van der Waals surface area contributed by atoms with E-state index in [1.807, 2.05) is 34.9 Å². The molecular weight excluding hydrogens is 502 g/mol. The number of carbonyl (C=O) groups excluding carboxylic acids is 2. The maximum absolute atomic E-state index is 12.6. The summed E-state index contributed by atoms with van der Waals surface area (Å²) in [5.74, 6) is 1.80. The SMILES string of the molecule is C=CCn1c(CNC(=O)C=Cc2ccc(OC)c(OC)c2)nnc1SCC(=O)Nc1ccccc1C(C)C. The van der Waals surface area contributed by atoms with Gasteiger partial charge in [0.05, 0.1) is 26.5 Å². The Morgan fingerprint density at radius 2 is 1.87 bits per heavy atom. The van der Waals surface area contributed by atoms with Crippen molar-refractivity contribution >= 4 is 35.3 Å². The van der Waals surface area contributed by atoms with Gasteiger partial charge in [0.25, 0.3) is 0 Å². The van der Waals surface area contributed by atoms with Gasteiger partial charge < -0.3 is 24.7 Å². The lowest BCUT2D eigenvalue weighted by Crippen LogP contribution is -2.23. The molecule has 38 heavy (non-hydrogen) atoms. The average molecular weight is 536 g/mol. The molecule has 0 radical (unpaired) electrons. The summed E-state index contributed by atoms with van der Waals surface area (Å²) in [4.78, 5) is 25.0. The van der Waals surface area contributed by atoms with Gasteiger partial charge in [0.2, 0.25) is 11.8 Å². The first kappa shape index (κ1) is 28.5. The van der Waals surface area contributed by atoms with Gasteiger partial charge >= 0.3 is 0 Å². The molecule has 10 heteroatoms. The van der Waals surface area contributed by atoms with E-state index >= 15 is 0 Å². The number of methoxy groups -OCH3 is 2. The number of aromatic nitrogens is 3. The van der Waals surface area contributed by atoms with E-state index in [1.165, 1.54) is 17.8 Å². The second-order valence-electron chi connectivity index (χ2n) is 8.54. The number of amides is 2. The number of para-hydroxylation sites is 1. The van der Waals surface area contributed by atoms with Crippen LogP contribution >= 0.6 is 11.8 Å². The molecule has 1 aromatic heterocycles. The molecule has 0 atom stereocenters. The number of hydrogen-bond acceptors (Lipinski definition) is 7. The predicted octanol–water partition coefficient (Wildman–Crippen LogP) is 4.67. The predicted molar refractivity (Wildman–Crippen MR) is 151 cm³/mol. The van der Waals surface area contributed by atoms with Gasteiger partial charge in [-0.2, -0.15) is 0 Å². The normalized spacial score (nSPS) is 11.0. The van der Waals surface area contributed by atoms with E-state index in [0.29, 0.717) is 34.9 Å². The zero-order chi connectivity index (χ0) is 27.5. The number of carbonyl (C=O) groups is 2. The number of ether oxygens (including phenoxy) is 2. The zero-order valence-electron chi connectivity index (χ0n) is 22.1. The summed E-state index contributed by atoms with van der Waals surface area (Å²) in [5.41, 5.74) is 2.68. The maximum atomic E-state index is 12.6. The number of rotatable bonds is 13. The van der Waals surface area contributed by atoms with Gasteiger partial charge in [-0.3, -0.25) is 9.59 Å². The first-order chi connectivity index (χ1) is 18.4. The van der Waals surface area contributed by atoms with Crippen molar-refractivity contribution in [3.05, 3.63) is 78.1 Å². The van der Waals surface area contributed by atoms with E-state index in [4.69, 9.17) is 9.47 Å². The third kappa shape index (κ3) is 7.72. The van der Waals surface area contributed by atoms with Gasteiger partial charge in [0, 0.05) is 18.3 Å². The molecule has 0 fully saturated rings. The van der Waals surface area contributed by atoms with Crippen molar-refractivity contribution in [2.24, 2.45) is 0 Å². The smallest absolute Gasteiger partial charge is 0.244 e. The molecule has 0 aliphatic carbocycles. The summed E-state index contributed by atoms with van der Waals surface area (Å²) in [6.07, 6.45) is 4.84. The molecule has 0 saturated heterocycles. The molecule has 0 spiro atoms. The Hall–Kier alpha value is -4.05. The summed E-state index contributed by atoms with van der Waals surface area (Å²) in [7, 11) is 3.13. The van der Waals surface area contributed by atoms with Crippen LogP contribution in [0.1, 0.15) is 36.7 Å². The monoisotopic (exact) mass is 535 g/mol. The Morgan fingerprint density at radius 3 is 2.58 bits per heavy atom. The molecule has 3 aromatic rings. The van der Waals surface area contributed by atoms with Crippen molar-refractivity contribution < 1.29 is 19.1 Å². The van der Waals surface area contributed by atoms with Gasteiger partial charge in [0.1, 0.15) is 0 Å². The van der Waals surface area contributed by atoms with E-state index in [-0.39, 0.29) is 24.1 Å². The molecule has 0 aliphatic rings. The molecule has 0 unspecified atom stereocenters. The van der Waals surface area contributed by atoms with Crippen LogP contribution in [0.5, 0.6) is 11.5 Å². The Bertz CT molecular complexity index is 1300. The fourth-order valence-corrected chi connectivity index (χ4v) is 4.42. The van der Waals surface area contributed by atoms with Gasteiger partial charge in [-0.25, -0.2) is 0 Å². The molecule has 0 aliphatic heterocycles. The van der Waals surface area contributed by atoms with Crippen LogP contribution in [-0.4, -0.2) is 46.6 Å². The minimum atomic E-state index is -0.287. The van der Waals surface area contributed by atoms with Crippen LogP contribution < -0.4 is 20.1 Å². The number of thioether (sulfide) groups is 1. The Kier molecular flexibility index (Phi) is 10.5. The summed E-state index contributed by atoms with van der Waals surface area (Å²) in [6.45, 7) is 8.59. The van der Waals surface area contributed by atoms with Crippen molar-refractivity contribution in [3.8, 4) is 11.5 Å². The van der Waals surface area contributed by atoms with Gasteiger partial charge in [-0.1, -0.05) is 56.0 Å². The molecule has 1 heterocycles. The molecule has 0 bridgehead atoms. The number of nitrogens with one attached hydrogen (secondary N) is 2. The summed E-state index contributed by atoms with van der Waals surface area (Å²) in [6, 6.07) is 13.2. The second-order valence-corrected chi connectivity index (χ2v) is 9.48. The molecule has 2 N–H and O–H groups in total. The number of anilines is 1. The lowest BCUT2D eigenvalue weighted by atomic mass is 10.0. The molecule has 2 aromatic carbocycles. The first-order valence-corrected chi connectivity index (χ1v) is 13.1.